The number of carbonyl (C=O) groups excluding carboxylic acids is 2. The molecular weight excluding hydrogens is 328 g/mol. The molecule has 1 N–H and O–H groups in total. The molecule has 0 atom stereocenters. The number of ether oxygens (including phenoxy) is 1. The van der Waals surface area contributed by atoms with Crippen LogP contribution >= 0.6 is 0 Å². The van der Waals surface area contributed by atoms with Gasteiger partial charge in [-0.25, -0.2) is 0 Å². The van der Waals surface area contributed by atoms with Crippen LogP contribution in [0, 0.1) is 0 Å². The van der Waals surface area contributed by atoms with Crippen molar-refractivity contribution in [1.29, 1.82) is 0 Å². The Labute approximate surface area is 154 Å². The number of amides is 2. The molecule has 0 unspecified atom stereocenters. The molecule has 1 fully saturated rings. The predicted octanol–water partition coefficient (Wildman–Crippen LogP) is 2.72. The number of benzene rings is 2. The van der Waals surface area contributed by atoms with Crippen molar-refractivity contribution in [2.75, 3.05) is 25.1 Å². The summed E-state index contributed by atoms with van der Waals surface area (Å²) in [6.45, 7) is 1.35. The quantitative estimate of drug-likeness (QED) is 0.833. The van der Waals surface area contributed by atoms with Gasteiger partial charge in [-0.3, -0.25) is 9.59 Å². The fourth-order valence-corrected chi connectivity index (χ4v) is 3.21. The maximum absolute atomic E-state index is 12.1. The van der Waals surface area contributed by atoms with Crippen LogP contribution in [0.5, 0.6) is 5.75 Å². The number of methoxy groups -OCH3 is 1. The molecule has 0 aliphatic carbocycles. The topological polar surface area (TPSA) is 58.6 Å². The van der Waals surface area contributed by atoms with E-state index in [2.05, 4.69) is 5.32 Å². The van der Waals surface area contributed by atoms with E-state index >= 15 is 0 Å². The molecule has 0 bridgehead atoms. The molecule has 136 valence electrons. The van der Waals surface area contributed by atoms with Crippen molar-refractivity contribution >= 4 is 17.5 Å². The van der Waals surface area contributed by atoms with E-state index in [-0.39, 0.29) is 11.8 Å². The largest absolute Gasteiger partial charge is 0.496 e. The Morgan fingerprint density at radius 2 is 1.92 bits per heavy atom. The van der Waals surface area contributed by atoms with Gasteiger partial charge in [-0.05, 0) is 42.2 Å². The summed E-state index contributed by atoms with van der Waals surface area (Å²) in [6, 6.07) is 15.5. The van der Waals surface area contributed by atoms with Crippen LogP contribution in [0.25, 0.3) is 0 Å². The normalized spacial score (nSPS) is 13.7. The van der Waals surface area contributed by atoms with Crippen LogP contribution in [0.4, 0.5) is 5.69 Å². The number of hydrogen-bond donors (Lipinski definition) is 1. The molecule has 2 aromatic rings. The predicted molar refractivity (Wildman–Crippen MR) is 101 cm³/mol. The third-order valence-corrected chi connectivity index (χ3v) is 4.60. The van der Waals surface area contributed by atoms with E-state index < -0.39 is 0 Å². The molecule has 2 aromatic carbocycles. The standard InChI is InChI=1S/C21H24N2O3/c1-26-19-6-3-2-5-17(19)12-13-22-20(24)15-16-8-10-18(11-9-16)23-14-4-7-21(23)25/h2-3,5-6,8-11H,4,7,12-15H2,1H3,(H,22,24). The van der Waals surface area contributed by atoms with Crippen molar-refractivity contribution < 1.29 is 14.3 Å². The van der Waals surface area contributed by atoms with E-state index in [1.54, 1.807) is 12.0 Å². The van der Waals surface area contributed by atoms with Gasteiger partial charge in [0.2, 0.25) is 11.8 Å². The molecule has 1 heterocycles. The lowest BCUT2D eigenvalue weighted by Crippen LogP contribution is -2.27. The second kappa shape index (κ2) is 8.52. The fraction of sp³-hybridized carbons (Fsp3) is 0.333. The second-order valence-corrected chi connectivity index (χ2v) is 6.40. The SMILES string of the molecule is COc1ccccc1CCNC(=O)Cc1ccc(N2CCCC2=O)cc1. The summed E-state index contributed by atoms with van der Waals surface area (Å²) in [5.74, 6) is 1.01. The molecule has 26 heavy (non-hydrogen) atoms. The van der Waals surface area contributed by atoms with Crippen LogP contribution < -0.4 is 15.0 Å². The highest BCUT2D eigenvalue weighted by molar-refractivity contribution is 5.95. The van der Waals surface area contributed by atoms with E-state index in [1.165, 1.54) is 0 Å². The smallest absolute Gasteiger partial charge is 0.227 e. The lowest BCUT2D eigenvalue weighted by atomic mass is 10.1. The average molecular weight is 352 g/mol. The van der Waals surface area contributed by atoms with Gasteiger partial charge in [-0.1, -0.05) is 30.3 Å². The Bertz CT molecular complexity index is 771. The van der Waals surface area contributed by atoms with Crippen LogP contribution in [-0.2, 0) is 22.4 Å². The highest BCUT2D eigenvalue weighted by Gasteiger charge is 2.21. The molecule has 2 amide bonds. The highest BCUT2D eigenvalue weighted by Crippen LogP contribution is 2.21. The van der Waals surface area contributed by atoms with Crippen molar-refractivity contribution in [2.24, 2.45) is 0 Å². The summed E-state index contributed by atoms with van der Waals surface area (Å²) >= 11 is 0. The van der Waals surface area contributed by atoms with Crippen LogP contribution in [-0.4, -0.2) is 32.0 Å². The fourth-order valence-electron chi connectivity index (χ4n) is 3.21. The Balaban J connectivity index is 1.48. The summed E-state index contributed by atoms with van der Waals surface area (Å²) in [5, 5.41) is 2.95. The first kappa shape index (κ1) is 18.0. The van der Waals surface area contributed by atoms with E-state index in [0.717, 1.165) is 42.0 Å². The molecule has 0 radical (unpaired) electrons. The van der Waals surface area contributed by atoms with Crippen molar-refractivity contribution in [1.82, 2.24) is 5.32 Å². The number of carbonyl (C=O) groups is 2. The molecule has 5 nitrogen and oxygen atoms in total. The Hall–Kier alpha value is -2.82. The van der Waals surface area contributed by atoms with E-state index in [9.17, 15) is 9.59 Å². The van der Waals surface area contributed by atoms with Crippen LogP contribution in [0.1, 0.15) is 24.0 Å². The lowest BCUT2D eigenvalue weighted by Gasteiger charge is -2.16. The minimum atomic E-state index is -0.00935. The number of hydrogen-bond acceptors (Lipinski definition) is 3. The van der Waals surface area contributed by atoms with Gasteiger partial charge in [0.15, 0.2) is 0 Å². The molecule has 0 saturated carbocycles. The maximum Gasteiger partial charge on any atom is 0.227 e. The average Bonchev–Trinajstić information content (AvgIpc) is 3.09. The van der Waals surface area contributed by atoms with Crippen LogP contribution in [0.15, 0.2) is 48.5 Å². The first-order chi connectivity index (χ1) is 12.7. The zero-order valence-corrected chi connectivity index (χ0v) is 15.0. The molecule has 1 aliphatic heterocycles. The zero-order valence-electron chi connectivity index (χ0n) is 15.0. The van der Waals surface area contributed by atoms with Crippen molar-refractivity contribution in [3.63, 3.8) is 0 Å². The zero-order chi connectivity index (χ0) is 18.4. The highest BCUT2D eigenvalue weighted by atomic mass is 16.5. The molecule has 0 spiro atoms. The molecular formula is C21H24N2O3. The van der Waals surface area contributed by atoms with Crippen LogP contribution in [0.3, 0.4) is 0 Å². The number of rotatable bonds is 7. The van der Waals surface area contributed by atoms with Crippen LogP contribution in [0.2, 0.25) is 0 Å². The molecule has 0 aromatic heterocycles. The number of nitrogens with one attached hydrogen (secondary N) is 1. The van der Waals surface area contributed by atoms with Crippen molar-refractivity contribution in [3.8, 4) is 5.75 Å². The summed E-state index contributed by atoms with van der Waals surface area (Å²) < 4.78 is 5.32. The first-order valence-electron chi connectivity index (χ1n) is 8.95. The molecule has 3 rings (SSSR count). The van der Waals surface area contributed by atoms with E-state index in [4.69, 9.17) is 4.74 Å². The Morgan fingerprint density at radius 1 is 1.15 bits per heavy atom. The van der Waals surface area contributed by atoms with Gasteiger partial charge in [-0.2, -0.15) is 0 Å². The number of para-hydroxylation sites is 1. The monoisotopic (exact) mass is 352 g/mol. The second-order valence-electron chi connectivity index (χ2n) is 6.40. The van der Waals surface area contributed by atoms with Gasteiger partial charge in [-0.15, -0.1) is 0 Å². The summed E-state index contributed by atoms with van der Waals surface area (Å²) in [6.07, 6.45) is 2.59. The summed E-state index contributed by atoms with van der Waals surface area (Å²) in [4.78, 5) is 25.7. The Morgan fingerprint density at radius 3 is 2.62 bits per heavy atom. The third kappa shape index (κ3) is 4.42. The maximum atomic E-state index is 12.1. The van der Waals surface area contributed by atoms with Crippen molar-refractivity contribution in [2.45, 2.75) is 25.7 Å². The van der Waals surface area contributed by atoms with E-state index in [1.807, 2.05) is 48.5 Å². The van der Waals surface area contributed by atoms with Gasteiger partial charge >= 0.3 is 0 Å². The third-order valence-electron chi connectivity index (χ3n) is 4.60. The molecule has 5 heteroatoms. The summed E-state index contributed by atoms with van der Waals surface area (Å²) in [5.41, 5.74) is 2.93. The van der Waals surface area contributed by atoms with Gasteiger partial charge in [0.25, 0.3) is 0 Å². The lowest BCUT2D eigenvalue weighted by molar-refractivity contribution is -0.120. The molecule has 1 aliphatic rings. The Kier molecular flexibility index (Phi) is 5.89. The van der Waals surface area contributed by atoms with Gasteiger partial charge in [0.05, 0.1) is 13.5 Å². The number of nitrogens with zero attached hydrogens (tertiary/aromatic N) is 1. The summed E-state index contributed by atoms with van der Waals surface area (Å²) in [7, 11) is 1.65. The minimum Gasteiger partial charge on any atom is -0.496 e. The molecule has 1 saturated heterocycles. The van der Waals surface area contributed by atoms with Crippen molar-refractivity contribution in [3.05, 3.63) is 59.7 Å². The minimum absolute atomic E-state index is 0.00935. The van der Waals surface area contributed by atoms with Gasteiger partial charge in [0.1, 0.15) is 5.75 Å². The first-order valence-corrected chi connectivity index (χ1v) is 8.95. The van der Waals surface area contributed by atoms with Gasteiger partial charge in [0, 0.05) is 25.2 Å². The van der Waals surface area contributed by atoms with E-state index in [0.29, 0.717) is 19.4 Å². The number of anilines is 1. The van der Waals surface area contributed by atoms with Gasteiger partial charge < -0.3 is 15.0 Å².